The third-order valence-electron chi connectivity index (χ3n) is 1.75. The van der Waals surface area contributed by atoms with E-state index in [9.17, 15) is 4.79 Å². The highest BCUT2D eigenvalue weighted by molar-refractivity contribution is 6.30. The van der Waals surface area contributed by atoms with Crippen LogP contribution in [0.2, 0.25) is 5.02 Å². The number of hydroxylamine groups is 1. The summed E-state index contributed by atoms with van der Waals surface area (Å²) in [6.45, 7) is 0. The highest BCUT2D eigenvalue weighted by Gasteiger charge is 2.01. The lowest BCUT2D eigenvalue weighted by atomic mass is 10.1. The van der Waals surface area contributed by atoms with Crippen molar-refractivity contribution in [3.05, 3.63) is 34.9 Å². The van der Waals surface area contributed by atoms with Gasteiger partial charge in [0.1, 0.15) is 0 Å². The highest BCUT2D eigenvalue weighted by atomic mass is 35.5. The van der Waals surface area contributed by atoms with Gasteiger partial charge in [0.05, 0.1) is 7.11 Å². The first kappa shape index (κ1) is 11.0. The van der Waals surface area contributed by atoms with Gasteiger partial charge in [0.25, 0.3) is 0 Å². The molecule has 1 aromatic rings. The minimum Gasteiger partial charge on any atom is -0.277 e. The maximum atomic E-state index is 11.0. The number of aryl methyl sites for hydroxylation is 1. The third-order valence-corrected chi connectivity index (χ3v) is 1.98. The summed E-state index contributed by atoms with van der Waals surface area (Å²) in [5.41, 5.74) is 3.30. The molecule has 1 N–H and O–H groups in total. The van der Waals surface area contributed by atoms with Crippen molar-refractivity contribution in [3.63, 3.8) is 0 Å². The first-order valence-electron chi connectivity index (χ1n) is 4.28. The molecule has 0 saturated carbocycles. The summed E-state index contributed by atoms with van der Waals surface area (Å²) in [6, 6.07) is 7.46. The normalized spacial score (nSPS) is 9.86. The van der Waals surface area contributed by atoms with Crippen LogP contribution in [0, 0.1) is 0 Å². The minimum atomic E-state index is -0.132. The number of carbonyl (C=O) groups excluding carboxylic acids is 1. The zero-order chi connectivity index (χ0) is 10.4. The van der Waals surface area contributed by atoms with Crippen LogP contribution >= 0.6 is 11.6 Å². The highest BCUT2D eigenvalue weighted by Crippen LogP contribution is 2.11. The average Bonchev–Trinajstić information content (AvgIpc) is 2.15. The van der Waals surface area contributed by atoms with Gasteiger partial charge in [-0.3, -0.25) is 9.63 Å². The van der Waals surface area contributed by atoms with Gasteiger partial charge >= 0.3 is 0 Å². The van der Waals surface area contributed by atoms with Crippen LogP contribution in [0.1, 0.15) is 12.0 Å². The van der Waals surface area contributed by atoms with Crippen molar-refractivity contribution in [2.45, 2.75) is 12.8 Å². The van der Waals surface area contributed by atoms with Crippen molar-refractivity contribution in [1.29, 1.82) is 0 Å². The summed E-state index contributed by atoms with van der Waals surface area (Å²) in [5.74, 6) is -0.132. The van der Waals surface area contributed by atoms with Crippen LogP contribution in [0.25, 0.3) is 0 Å². The minimum absolute atomic E-state index is 0.132. The predicted molar refractivity (Wildman–Crippen MR) is 54.9 cm³/mol. The monoisotopic (exact) mass is 213 g/mol. The standard InChI is InChI=1S/C10H12ClNO2/c1-14-12-10(13)6-5-8-3-2-4-9(11)7-8/h2-4,7H,5-6H2,1H3,(H,12,13). The number of halogens is 1. The number of nitrogens with one attached hydrogen (secondary N) is 1. The van der Waals surface area contributed by atoms with Gasteiger partial charge in [0.15, 0.2) is 0 Å². The van der Waals surface area contributed by atoms with E-state index in [1.807, 2.05) is 18.2 Å². The van der Waals surface area contributed by atoms with E-state index in [0.717, 1.165) is 5.56 Å². The molecule has 0 unspecified atom stereocenters. The second-order valence-corrected chi connectivity index (χ2v) is 3.30. The Labute approximate surface area is 88.0 Å². The SMILES string of the molecule is CONC(=O)CCc1cccc(Cl)c1. The Bertz CT molecular complexity index is 315. The molecule has 0 bridgehead atoms. The zero-order valence-electron chi connectivity index (χ0n) is 7.92. The Balaban J connectivity index is 2.41. The first-order valence-corrected chi connectivity index (χ1v) is 4.66. The Morgan fingerprint density at radius 3 is 3.00 bits per heavy atom. The van der Waals surface area contributed by atoms with Crippen molar-refractivity contribution in [1.82, 2.24) is 5.48 Å². The number of benzene rings is 1. The number of hydrogen-bond donors (Lipinski definition) is 1. The molecule has 0 aliphatic rings. The molecular formula is C10H12ClNO2. The molecular weight excluding hydrogens is 202 g/mol. The Morgan fingerprint density at radius 1 is 1.57 bits per heavy atom. The largest absolute Gasteiger partial charge is 0.277 e. The van der Waals surface area contributed by atoms with Gasteiger partial charge in [-0.2, -0.15) is 0 Å². The second kappa shape index (κ2) is 5.62. The van der Waals surface area contributed by atoms with Gasteiger partial charge in [-0.15, -0.1) is 0 Å². The number of carbonyl (C=O) groups is 1. The smallest absolute Gasteiger partial charge is 0.243 e. The topological polar surface area (TPSA) is 38.3 Å². The van der Waals surface area contributed by atoms with E-state index in [-0.39, 0.29) is 5.91 Å². The number of rotatable bonds is 4. The number of hydrogen-bond acceptors (Lipinski definition) is 2. The Hall–Kier alpha value is -1.06. The molecule has 0 radical (unpaired) electrons. The lowest BCUT2D eigenvalue weighted by molar-refractivity contribution is -0.131. The molecule has 0 saturated heterocycles. The fraction of sp³-hybridized carbons (Fsp3) is 0.300. The molecule has 0 aliphatic carbocycles. The molecule has 1 aromatic carbocycles. The van der Waals surface area contributed by atoms with E-state index in [1.54, 1.807) is 6.07 Å². The molecule has 0 fully saturated rings. The molecule has 14 heavy (non-hydrogen) atoms. The van der Waals surface area contributed by atoms with Gasteiger partial charge in [-0.05, 0) is 24.1 Å². The van der Waals surface area contributed by atoms with Crippen LogP contribution in [0.4, 0.5) is 0 Å². The molecule has 0 atom stereocenters. The summed E-state index contributed by atoms with van der Waals surface area (Å²) in [6.07, 6.45) is 1.06. The van der Waals surface area contributed by atoms with Crippen LogP contribution in [0.5, 0.6) is 0 Å². The quantitative estimate of drug-likeness (QED) is 0.777. The molecule has 0 spiro atoms. The van der Waals surface area contributed by atoms with E-state index >= 15 is 0 Å². The van der Waals surface area contributed by atoms with E-state index in [1.165, 1.54) is 7.11 Å². The fourth-order valence-electron chi connectivity index (χ4n) is 1.12. The summed E-state index contributed by atoms with van der Waals surface area (Å²) < 4.78 is 0. The van der Waals surface area contributed by atoms with Crippen LogP contribution < -0.4 is 5.48 Å². The fourth-order valence-corrected chi connectivity index (χ4v) is 1.33. The predicted octanol–water partition coefficient (Wildman–Crippen LogP) is 1.95. The van der Waals surface area contributed by atoms with Gasteiger partial charge in [-0.25, -0.2) is 5.48 Å². The summed E-state index contributed by atoms with van der Waals surface area (Å²) in [5, 5.41) is 0.689. The van der Waals surface area contributed by atoms with E-state index in [2.05, 4.69) is 10.3 Å². The first-order chi connectivity index (χ1) is 6.72. The van der Waals surface area contributed by atoms with E-state index < -0.39 is 0 Å². The van der Waals surface area contributed by atoms with Gasteiger partial charge in [0, 0.05) is 11.4 Å². The van der Waals surface area contributed by atoms with E-state index in [0.29, 0.717) is 17.9 Å². The van der Waals surface area contributed by atoms with Crippen LogP contribution in [-0.2, 0) is 16.1 Å². The van der Waals surface area contributed by atoms with Crippen LogP contribution in [-0.4, -0.2) is 13.0 Å². The summed E-state index contributed by atoms with van der Waals surface area (Å²) in [7, 11) is 1.41. The third kappa shape index (κ3) is 3.77. The molecule has 3 nitrogen and oxygen atoms in total. The zero-order valence-corrected chi connectivity index (χ0v) is 8.67. The molecule has 0 heterocycles. The molecule has 0 aromatic heterocycles. The van der Waals surface area contributed by atoms with Gasteiger partial charge < -0.3 is 0 Å². The molecule has 0 aliphatic heterocycles. The summed E-state index contributed by atoms with van der Waals surface area (Å²) in [4.78, 5) is 15.5. The van der Waals surface area contributed by atoms with Gasteiger partial charge in [0.2, 0.25) is 5.91 Å². The van der Waals surface area contributed by atoms with Gasteiger partial charge in [-0.1, -0.05) is 23.7 Å². The van der Waals surface area contributed by atoms with Crippen molar-refractivity contribution in [2.24, 2.45) is 0 Å². The maximum Gasteiger partial charge on any atom is 0.243 e. The average molecular weight is 214 g/mol. The van der Waals surface area contributed by atoms with Crippen LogP contribution in [0.3, 0.4) is 0 Å². The molecule has 1 rings (SSSR count). The molecule has 1 amide bonds. The Kier molecular flexibility index (Phi) is 4.43. The maximum absolute atomic E-state index is 11.0. The second-order valence-electron chi connectivity index (χ2n) is 2.86. The summed E-state index contributed by atoms with van der Waals surface area (Å²) >= 11 is 5.80. The lowest BCUT2D eigenvalue weighted by Crippen LogP contribution is -2.21. The van der Waals surface area contributed by atoms with Crippen molar-refractivity contribution in [2.75, 3.05) is 7.11 Å². The van der Waals surface area contributed by atoms with Crippen LogP contribution in [0.15, 0.2) is 24.3 Å². The van der Waals surface area contributed by atoms with Crippen molar-refractivity contribution < 1.29 is 9.63 Å². The van der Waals surface area contributed by atoms with E-state index in [4.69, 9.17) is 11.6 Å². The van der Waals surface area contributed by atoms with Crippen molar-refractivity contribution >= 4 is 17.5 Å². The lowest BCUT2D eigenvalue weighted by Gasteiger charge is -2.02. The molecule has 76 valence electrons. The number of amides is 1. The van der Waals surface area contributed by atoms with Crippen molar-refractivity contribution in [3.8, 4) is 0 Å². The molecule has 4 heteroatoms. The Morgan fingerprint density at radius 2 is 2.36 bits per heavy atom.